The molecular weight excluding hydrogens is 262 g/mol. The lowest BCUT2D eigenvalue weighted by Gasteiger charge is -2.32. The predicted octanol–water partition coefficient (Wildman–Crippen LogP) is 2.36. The smallest absolute Gasteiger partial charge is 0.225 e. The number of anilines is 1. The Balaban J connectivity index is 1.51. The first-order valence-corrected chi connectivity index (χ1v) is 7.49. The zero-order valence-corrected chi connectivity index (χ0v) is 11.8. The molecule has 1 aliphatic carbocycles. The van der Waals surface area contributed by atoms with Gasteiger partial charge < -0.3 is 10.0 Å². The highest BCUT2D eigenvalue weighted by atomic mass is 35.5. The SMILES string of the molecule is OCC[C@@H]1CC1C1CCN(c2ncc(Cl)cn2)CC1. The van der Waals surface area contributed by atoms with E-state index in [1.165, 1.54) is 19.3 Å². The monoisotopic (exact) mass is 281 g/mol. The molecule has 1 saturated carbocycles. The number of hydrogen-bond donors (Lipinski definition) is 1. The molecule has 0 bridgehead atoms. The zero-order valence-electron chi connectivity index (χ0n) is 11.0. The van der Waals surface area contributed by atoms with Crippen molar-refractivity contribution in [3.63, 3.8) is 0 Å². The molecule has 5 heteroatoms. The van der Waals surface area contributed by atoms with Crippen molar-refractivity contribution in [2.75, 3.05) is 24.6 Å². The maximum atomic E-state index is 8.97. The fourth-order valence-corrected chi connectivity index (χ4v) is 3.44. The molecule has 0 aromatic carbocycles. The largest absolute Gasteiger partial charge is 0.396 e. The Labute approximate surface area is 118 Å². The van der Waals surface area contributed by atoms with Crippen LogP contribution in [0, 0.1) is 17.8 Å². The van der Waals surface area contributed by atoms with Gasteiger partial charge >= 0.3 is 0 Å². The quantitative estimate of drug-likeness (QED) is 0.920. The molecule has 1 aromatic rings. The summed E-state index contributed by atoms with van der Waals surface area (Å²) in [5, 5.41) is 9.56. The van der Waals surface area contributed by atoms with Crippen molar-refractivity contribution in [2.24, 2.45) is 17.8 Å². The fourth-order valence-electron chi connectivity index (χ4n) is 3.34. The van der Waals surface area contributed by atoms with Gasteiger partial charge in [-0.25, -0.2) is 9.97 Å². The van der Waals surface area contributed by atoms with Crippen molar-refractivity contribution in [1.82, 2.24) is 9.97 Å². The lowest BCUT2D eigenvalue weighted by molar-refractivity contribution is 0.266. The van der Waals surface area contributed by atoms with Crippen LogP contribution < -0.4 is 4.90 Å². The number of piperidine rings is 1. The number of aromatic nitrogens is 2. The minimum Gasteiger partial charge on any atom is -0.396 e. The van der Waals surface area contributed by atoms with Gasteiger partial charge in [-0.05, 0) is 43.4 Å². The van der Waals surface area contributed by atoms with E-state index in [0.717, 1.165) is 43.2 Å². The van der Waals surface area contributed by atoms with Gasteiger partial charge in [-0.15, -0.1) is 0 Å². The van der Waals surface area contributed by atoms with Gasteiger partial charge in [0.15, 0.2) is 0 Å². The summed E-state index contributed by atoms with van der Waals surface area (Å²) in [7, 11) is 0. The van der Waals surface area contributed by atoms with Crippen LogP contribution in [0.4, 0.5) is 5.95 Å². The van der Waals surface area contributed by atoms with Crippen LogP contribution in [-0.2, 0) is 0 Å². The molecule has 2 atom stereocenters. The average Bonchev–Trinajstić information content (AvgIpc) is 3.20. The molecule has 1 N–H and O–H groups in total. The first kappa shape index (κ1) is 13.1. The van der Waals surface area contributed by atoms with Crippen LogP contribution in [0.3, 0.4) is 0 Å². The summed E-state index contributed by atoms with van der Waals surface area (Å²) in [6, 6.07) is 0. The van der Waals surface area contributed by atoms with E-state index in [0.29, 0.717) is 11.6 Å². The fraction of sp³-hybridized carbons (Fsp3) is 0.714. The second-order valence-corrected chi connectivity index (χ2v) is 6.13. The maximum Gasteiger partial charge on any atom is 0.225 e. The Hall–Kier alpha value is -0.870. The first-order chi connectivity index (χ1) is 9.28. The van der Waals surface area contributed by atoms with E-state index in [2.05, 4.69) is 14.9 Å². The first-order valence-electron chi connectivity index (χ1n) is 7.11. The Kier molecular flexibility index (Phi) is 3.89. The zero-order chi connectivity index (χ0) is 13.2. The summed E-state index contributed by atoms with van der Waals surface area (Å²) in [6.07, 6.45) is 8.08. The number of aliphatic hydroxyl groups excluding tert-OH is 1. The molecule has 1 aromatic heterocycles. The van der Waals surface area contributed by atoms with Crippen LogP contribution in [0.1, 0.15) is 25.7 Å². The minimum absolute atomic E-state index is 0.346. The topological polar surface area (TPSA) is 49.2 Å². The van der Waals surface area contributed by atoms with Crippen molar-refractivity contribution in [3.8, 4) is 0 Å². The van der Waals surface area contributed by atoms with Gasteiger partial charge in [-0.1, -0.05) is 11.6 Å². The second-order valence-electron chi connectivity index (χ2n) is 5.70. The molecule has 0 spiro atoms. The van der Waals surface area contributed by atoms with Gasteiger partial charge in [0.05, 0.1) is 17.4 Å². The predicted molar refractivity (Wildman–Crippen MR) is 75.3 cm³/mol. The summed E-state index contributed by atoms with van der Waals surface area (Å²) >= 11 is 5.81. The Morgan fingerprint density at radius 1 is 1.26 bits per heavy atom. The standard InChI is InChI=1S/C14H20ClN3O/c15-12-8-16-14(17-9-12)18-4-1-10(2-5-18)13-7-11(13)3-6-19/h8-11,13,19H,1-7H2/t11-,13?/m1/s1. The molecule has 0 amide bonds. The third-order valence-corrected chi connectivity index (χ3v) is 4.71. The summed E-state index contributed by atoms with van der Waals surface area (Å²) in [4.78, 5) is 10.8. The third-order valence-electron chi connectivity index (χ3n) is 4.51. The number of aliphatic hydroxyl groups is 1. The van der Waals surface area contributed by atoms with Crippen molar-refractivity contribution in [3.05, 3.63) is 17.4 Å². The van der Waals surface area contributed by atoms with Crippen LogP contribution in [0.25, 0.3) is 0 Å². The molecule has 4 nitrogen and oxygen atoms in total. The molecule has 2 fully saturated rings. The van der Waals surface area contributed by atoms with Crippen LogP contribution >= 0.6 is 11.6 Å². The Morgan fingerprint density at radius 2 is 1.95 bits per heavy atom. The Bertz CT molecular complexity index is 417. The van der Waals surface area contributed by atoms with Crippen molar-refractivity contribution < 1.29 is 5.11 Å². The highest BCUT2D eigenvalue weighted by Gasteiger charge is 2.42. The van der Waals surface area contributed by atoms with E-state index < -0.39 is 0 Å². The van der Waals surface area contributed by atoms with Gasteiger partial charge in [-0.3, -0.25) is 0 Å². The number of nitrogens with zero attached hydrogens (tertiary/aromatic N) is 3. The van der Waals surface area contributed by atoms with Crippen LogP contribution in [0.15, 0.2) is 12.4 Å². The van der Waals surface area contributed by atoms with Crippen molar-refractivity contribution >= 4 is 17.5 Å². The third kappa shape index (κ3) is 3.00. The lowest BCUT2D eigenvalue weighted by atomic mass is 9.90. The molecule has 3 rings (SSSR count). The van der Waals surface area contributed by atoms with Gasteiger partial charge in [0.25, 0.3) is 0 Å². The van der Waals surface area contributed by atoms with Crippen LogP contribution in [0.5, 0.6) is 0 Å². The van der Waals surface area contributed by atoms with E-state index in [-0.39, 0.29) is 0 Å². The van der Waals surface area contributed by atoms with Gasteiger partial charge in [0.1, 0.15) is 0 Å². The summed E-state index contributed by atoms with van der Waals surface area (Å²) in [6.45, 7) is 2.42. The molecule has 1 unspecified atom stereocenters. The molecule has 2 aliphatic rings. The highest BCUT2D eigenvalue weighted by molar-refractivity contribution is 6.30. The maximum absolute atomic E-state index is 8.97. The molecule has 2 heterocycles. The minimum atomic E-state index is 0.346. The number of halogens is 1. The molecule has 19 heavy (non-hydrogen) atoms. The number of hydrogen-bond acceptors (Lipinski definition) is 4. The van der Waals surface area contributed by atoms with E-state index in [4.69, 9.17) is 16.7 Å². The second kappa shape index (κ2) is 5.63. The summed E-state index contributed by atoms with van der Waals surface area (Å²) < 4.78 is 0. The molecule has 1 saturated heterocycles. The van der Waals surface area contributed by atoms with E-state index in [1.807, 2.05) is 0 Å². The van der Waals surface area contributed by atoms with Crippen molar-refractivity contribution in [1.29, 1.82) is 0 Å². The molecule has 0 radical (unpaired) electrons. The highest BCUT2D eigenvalue weighted by Crippen LogP contribution is 2.49. The average molecular weight is 282 g/mol. The Morgan fingerprint density at radius 3 is 2.58 bits per heavy atom. The lowest BCUT2D eigenvalue weighted by Crippen LogP contribution is -2.35. The molecule has 104 valence electrons. The normalized spacial score (nSPS) is 27.6. The summed E-state index contributed by atoms with van der Waals surface area (Å²) in [5.74, 6) is 3.28. The number of rotatable bonds is 4. The summed E-state index contributed by atoms with van der Waals surface area (Å²) in [5.41, 5.74) is 0. The van der Waals surface area contributed by atoms with Crippen LogP contribution in [-0.4, -0.2) is 34.8 Å². The van der Waals surface area contributed by atoms with Gasteiger partial charge in [0, 0.05) is 19.7 Å². The van der Waals surface area contributed by atoms with E-state index >= 15 is 0 Å². The van der Waals surface area contributed by atoms with E-state index in [1.54, 1.807) is 12.4 Å². The molecular formula is C14H20ClN3O. The van der Waals surface area contributed by atoms with Crippen molar-refractivity contribution in [2.45, 2.75) is 25.7 Å². The van der Waals surface area contributed by atoms with Gasteiger partial charge in [-0.2, -0.15) is 0 Å². The van der Waals surface area contributed by atoms with Gasteiger partial charge in [0.2, 0.25) is 5.95 Å². The van der Waals surface area contributed by atoms with Crippen LogP contribution in [0.2, 0.25) is 5.02 Å². The van der Waals surface area contributed by atoms with E-state index in [9.17, 15) is 0 Å². The molecule has 1 aliphatic heterocycles.